The first-order valence-corrected chi connectivity index (χ1v) is 15.4. The maximum absolute atomic E-state index is 17.0. The zero-order valence-electron chi connectivity index (χ0n) is 23.9. The predicted octanol–water partition coefficient (Wildman–Crippen LogP) is 6.56. The fraction of sp³-hybridized carbons (Fsp3) is 0.419. The Bertz CT molecular complexity index is 1910. The maximum atomic E-state index is 17.0. The molecule has 222 valence electrons. The number of nitrogens with zero attached hydrogens (tertiary/aromatic N) is 6. The molecule has 2 fully saturated rings. The van der Waals surface area contributed by atoms with Crippen molar-refractivity contribution in [2.24, 2.45) is 0 Å². The second-order valence-corrected chi connectivity index (χ2v) is 12.5. The number of hydrogen-bond donors (Lipinski definition) is 2. The number of piperidine rings is 1. The molecule has 3 atom stereocenters. The second-order valence-electron chi connectivity index (χ2n) is 11.7. The van der Waals surface area contributed by atoms with Gasteiger partial charge in [-0.3, -0.25) is 9.78 Å². The molecule has 12 heteroatoms. The van der Waals surface area contributed by atoms with Crippen molar-refractivity contribution in [1.82, 2.24) is 35.2 Å². The number of fused-ring (bicyclic) bond motifs is 4. The number of benzene rings is 2. The van der Waals surface area contributed by atoms with Gasteiger partial charge in [-0.15, -0.1) is 0 Å². The van der Waals surface area contributed by atoms with Gasteiger partial charge in [0.2, 0.25) is 5.88 Å². The molecule has 0 aliphatic carbocycles. The fourth-order valence-electron chi connectivity index (χ4n) is 6.78. The summed E-state index contributed by atoms with van der Waals surface area (Å²) in [6, 6.07) is 6.15. The highest BCUT2D eigenvalue weighted by Crippen LogP contribution is 2.45. The molecule has 5 heterocycles. The minimum Gasteiger partial charge on any atom is -0.475 e. The average Bonchev–Trinajstić information content (AvgIpc) is 3.74. The molecule has 0 spiro atoms. The van der Waals surface area contributed by atoms with Crippen LogP contribution in [-0.2, 0) is 0 Å². The van der Waals surface area contributed by atoms with Gasteiger partial charge in [0.05, 0.1) is 52.4 Å². The molecule has 2 N–H and O–H groups in total. The molecule has 0 saturated carbocycles. The van der Waals surface area contributed by atoms with Crippen molar-refractivity contribution < 1.29 is 9.13 Å². The molecule has 0 bridgehead atoms. The standard InChI is InChI=1S/C31H31Cl2FN8O/c1-16-23(32)12-25-21(13-37-40-25)26(16)27-24(33)11-20-29(28(27)34)39-31(43-15-19-4-3-9-41(19)2)22-14-38-42(30(20)22)18-6-8-36-17(10-18)5-7-35/h11-14,17-19,36H,3-6,8-10,15H2,1-2H3,(H,37,40)/t17-,18+,19+/m1/s1. The zero-order chi connectivity index (χ0) is 29.8. The van der Waals surface area contributed by atoms with Crippen molar-refractivity contribution in [2.75, 3.05) is 26.7 Å². The lowest BCUT2D eigenvalue weighted by atomic mass is 9.94. The molecule has 2 aliphatic heterocycles. The Labute approximate surface area is 257 Å². The van der Waals surface area contributed by atoms with E-state index in [1.54, 1.807) is 24.5 Å². The van der Waals surface area contributed by atoms with E-state index in [1.165, 1.54) is 0 Å². The molecule has 2 aliphatic rings. The number of H-pyrrole nitrogens is 1. The van der Waals surface area contributed by atoms with Crippen LogP contribution in [0.15, 0.2) is 24.5 Å². The van der Waals surface area contributed by atoms with Crippen LogP contribution in [-0.4, -0.2) is 68.7 Å². The number of aromatic nitrogens is 5. The van der Waals surface area contributed by atoms with E-state index in [4.69, 9.17) is 38.0 Å². The van der Waals surface area contributed by atoms with E-state index in [0.717, 1.165) is 44.3 Å². The van der Waals surface area contributed by atoms with Gasteiger partial charge in [-0.2, -0.15) is 15.5 Å². The van der Waals surface area contributed by atoms with Crippen LogP contribution in [0, 0.1) is 24.1 Å². The lowest BCUT2D eigenvalue weighted by Gasteiger charge is -2.30. The first-order valence-electron chi connectivity index (χ1n) is 14.6. The van der Waals surface area contributed by atoms with Gasteiger partial charge in [-0.1, -0.05) is 23.2 Å². The zero-order valence-corrected chi connectivity index (χ0v) is 25.4. The number of rotatable bonds is 6. The predicted molar refractivity (Wildman–Crippen MR) is 166 cm³/mol. The topological polar surface area (TPSA) is 108 Å². The molecule has 43 heavy (non-hydrogen) atoms. The van der Waals surface area contributed by atoms with E-state index in [1.807, 2.05) is 11.6 Å². The fourth-order valence-corrected chi connectivity index (χ4v) is 7.27. The summed E-state index contributed by atoms with van der Waals surface area (Å²) in [6.45, 7) is 4.06. The summed E-state index contributed by atoms with van der Waals surface area (Å²) < 4.78 is 25.3. The Morgan fingerprint density at radius 2 is 2.00 bits per heavy atom. The number of likely N-dealkylation sites (N-methyl/N-ethyl adjacent to an activating group) is 1. The molecule has 0 amide bonds. The Morgan fingerprint density at radius 3 is 2.79 bits per heavy atom. The van der Waals surface area contributed by atoms with Crippen LogP contribution in [0.1, 0.15) is 43.7 Å². The minimum absolute atomic E-state index is 0.0127. The molecule has 3 aromatic heterocycles. The van der Waals surface area contributed by atoms with Gasteiger partial charge >= 0.3 is 0 Å². The normalized spacial score (nSPS) is 21.3. The molecule has 0 radical (unpaired) electrons. The van der Waals surface area contributed by atoms with Crippen LogP contribution in [0.25, 0.3) is 43.8 Å². The van der Waals surface area contributed by atoms with Gasteiger partial charge in [0.1, 0.15) is 12.1 Å². The van der Waals surface area contributed by atoms with Crippen molar-refractivity contribution >= 4 is 55.9 Å². The smallest absolute Gasteiger partial charge is 0.225 e. The number of pyridine rings is 1. The first-order chi connectivity index (χ1) is 20.9. The minimum atomic E-state index is -0.555. The lowest BCUT2D eigenvalue weighted by Crippen LogP contribution is -2.38. The maximum Gasteiger partial charge on any atom is 0.225 e. The Morgan fingerprint density at radius 1 is 1.14 bits per heavy atom. The van der Waals surface area contributed by atoms with Crippen LogP contribution < -0.4 is 10.1 Å². The molecular formula is C31H31Cl2FN8O. The molecule has 2 aromatic carbocycles. The number of nitriles is 1. The lowest BCUT2D eigenvalue weighted by molar-refractivity contribution is 0.195. The van der Waals surface area contributed by atoms with E-state index < -0.39 is 5.82 Å². The number of hydrogen-bond acceptors (Lipinski definition) is 7. The number of nitrogens with one attached hydrogen (secondary N) is 2. The molecular weight excluding hydrogens is 590 g/mol. The van der Waals surface area contributed by atoms with Gasteiger partial charge in [0.15, 0.2) is 5.82 Å². The second kappa shape index (κ2) is 11.2. The van der Waals surface area contributed by atoms with Crippen molar-refractivity contribution in [3.8, 4) is 23.1 Å². The summed E-state index contributed by atoms with van der Waals surface area (Å²) in [6.07, 6.45) is 7.51. The molecule has 0 unspecified atom stereocenters. The quantitative estimate of drug-likeness (QED) is 0.221. The Kier molecular flexibility index (Phi) is 7.38. The van der Waals surface area contributed by atoms with Crippen molar-refractivity contribution in [3.63, 3.8) is 0 Å². The number of ether oxygens (including phenoxy) is 1. The van der Waals surface area contributed by atoms with E-state index >= 15 is 4.39 Å². The van der Waals surface area contributed by atoms with Crippen molar-refractivity contribution in [2.45, 2.75) is 57.2 Å². The SMILES string of the molecule is Cc1c(Cl)cc2[nH]ncc2c1-c1c(Cl)cc2c(nc(OC[C@@H]3CCCN3C)c3cnn([C@H]4CCN[C@H](CC#N)C4)c32)c1F. The van der Waals surface area contributed by atoms with Crippen LogP contribution >= 0.6 is 23.2 Å². The van der Waals surface area contributed by atoms with Gasteiger partial charge in [0, 0.05) is 39.0 Å². The third-order valence-corrected chi connectivity index (χ3v) is 9.80. The number of halogens is 3. The number of likely N-dealkylation sites (tertiary alicyclic amines) is 1. The monoisotopic (exact) mass is 620 g/mol. The van der Waals surface area contributed by atoms with Crippen molar-refractivity contribution in [1.29, 1.82) is 5.26 Å². The summed E-state index contributed by atoms with van der Waals surface area (Å²) >= 11 is 13.5. The van der Waals surface area contributed by atoms with E-state index in [0.29, 0.717) is 56.7 Å². The van der Waals surface area contributed by atoms with E-state index in [2.05, 4.69) is 33.5 Å². The summed E-state index contributed by atoms with van der Waals surface area (Å²) in [5.74, 6) is -0.208. The summed E-state index contributed by atoms with van der Waals surface area (Å²) in [7, 11) is 2.09. The highest BCUT2D eigenvalue weighted by molar-refractivity contribution is 6.36. The average molecular weight is 622 g/mol. The Balaban J connectivity index is 1.45. The third-order valence-electron chi connectivity index (χ3n) is 9.11. The number of aromatic amines is 1. The van der Waals surface area contributed by atoms with Gasteiger partial charge in [-0.25, -0.2) is 9.37 Å². The van der Waals surface area contributed by atoms with Crippen LogP contribution in [0.2, 0.25) is 10.0 Å². The molecule has 9 nitrogen and oxygen atoms in total. The van der Waals surface area contributed by atoms with Crippen LogP contribution in [0.4, 0.5) is 4.39 Å². The van der Waals surface area contributed by atoms with Crippen LogP contribution in [0.3, 0.4) is 0 Å². The highest BCUT2D eigenvalue weighted by Gasteiger charge is 2.30. The van der Waals surface area contributed by atoms with Crippen molar-refractivity contribution in [3.05, 3.63) is 46.0 Å². The van der Waals surface area contributed by atoms with Gasteiger partial charge in [0.25, 0.3) is 0 Å². The Hall–Kier alpha value is -3.49. The highest BCUT2D eigenvalue weighted by atomic mass is 35.5. The summed E-state index contributed by atoms with van der Waals surface area (Å²) in [4.78, 5) is 7.08. The largest absolute Gasteiger partial charge is 0.475 e. The summed E-state index contributed by atoms with van der Waals surface area (Å²) in [5.41, 5.74) is 3.05. The third kappa shape index (κ3) is 4.79. The van der Waals surface area contributed by atoms with Gasteiger partial charge in [-0.05, 0) is 70.4 Å². The summed E-state index contributed by atoms with van der Waals surface area (Å²) in [5, 5.41) is 27.3. The van der Waals surface area contributed by atoms with Gasteiger partial charge < -0.3 is 15.0 Å². The first kappa shape index (κ1) is 28.3. The molecule has 5 aromatic rings. The van der Waals surface area contributed by atoms with E-state index in [9.17, 15) is 5.26 Å². The molecule has 2 saturated heterocycles. The van der Waals surface area contributed by atoms with Crippen LogP contribution in [0.5, 0.6) is 5.88 Å². The molecule has 7 rings (SSSR count). The van der Waals surface area contributed by atoms with E-state index in [-0.39, 0.29) is 34.2 Å².